The zero-order chi connectivity index (χ0) is 11.4. The topological polar surface area (TPSA) is 50.1 Å². The Morgan fingerprint density at radius 3 is 2.67 bits per heavy atom. The zero-order valence-electron chi connectivity index (χ0n) is 9.13. The number of Topliss-reactive ketones (excluding diaryl/α,β-unsaturated/α-hetero) is 1. The molecule has 3 nitrogen and oxygen atoms in total. The maximum absolute atomic E-state index is 11.0. The Morgan fingerprint density at radius 2 is 2.20 bits per heavy atom. The number of benzene rings is 1. The van der Waals surface area contributed by atoms with E-state index in [9.17, 15) is 4.79 Å². The molecule has 0 spiro atoms. The molecule has 1 rings (SSSR count). The van der Waals surface area contributed by atoms with Crippen molar-refractivity contribution in [3.63, 3.8) is 0 Å². The fourth-order valence-corrected chi connectivity index (χ4v) is 1.59. The molecule has 0 amide bonds. The summed E-state index contributed by atoms with van der Waals surface area (Å²) in [5.74, 6) is 0.674. The third-order valence-corrected chi connectivity index (χ3v) is 2.11. The highest BCUT2D eigenvalue weighted by molar-refractivity contribution is 5.78. The van der Waals surface area contributed by atoms with Crippen LogP contribution < -0.4 is 4.74 Å². The number of nitrogens with zero attached hydrogens (tertiary/aromatic N) is 1. The summed E-state index contributed by atoms with van der Waals surface area (Å²) in [5, 5.41) is 8.92. The van der Waals surface area contributed by atoms with Gasteiger partial charge in [0, 0.05) is 6.42 Å². The smallest absolute Gasteiger partial charge is 0.139 e. The Hall–Kier alpha value is -1.82. The van der Waals surface area contributed by atoms with E-state index in [1.807, 2.05) is 13.0 Å². The SMILES string of the molecule is COc1c(C)cc(CC(C)=O)cc1C#N. The van der Waals surface area contributed by atoms with Crippen molar-refractivity contribution in [2.75, 3.05) is 7.11 Å². The Labute approximate surface area is 89.3 Å². The first kappa shape index (κ1) is 11.3. The largest absolute Gasteiger partial charge is 0.495 e. The predicted octanol–water partition coefficient (Wildman–Crippen LogP) is 2.01. The van der Waals surface area contributed by atoms with E-state index < -0.39 is 0 Å². The summed E-state index contributed by atoms with van der Waals surface area (Å²) in [5.41, 5.74) is 2.22. The van der Waals surface area contributed by atoms with Gasteiger partial charge < -0.3 is 4.74 Å². The molecule has 3 heteroatoms. The van der Waals surface area contributed by atoms with Gasteiger partial charge in [0.05, 0.1) is 12.7 Å². The van der Waals surface area contributed by atoms with E-state index in [2.05, 4.69) is 6.07 Å². The molecule has 0 radical (unpaired) electrons. The highest BCUT2D eigenvalue weighted by Gasteiger charge is 2.09. The van der Waals surface area contributed by atoms with Crippen molar-refractivity contribution >= 4 is 5.78 Å². The van der Waals surface area contributed by atoms with Crippen LogP contribution in [0.4, 0.5) is 0 Å². The van der Waals surface area contributed by atoms with Gasteiger partial charge in [-0.25, -0.2) is 0 Å². The van der Waals surface area contributed by atoms with Gasteiger partial charge in [-0.3, -0.25) is 4.79 Å². The summed E-state index contributed by atoms with van der Waals surface area (Å²) in [7, 11) is 1.54. The average molecular weight is 203 g/mol. The number of carbonyl (C=O) groups is 1. The molecule has 15 heavy (non-hydrogen) atoms. The van der Waals surface area contributed by atoms with Gasteiger partial charge in [0.1, 0.15) is 17.6 Å². The van der Waals surface area contributed by atoms with Crippen molar-refractivity contribution in [1.29, 1.82) is 5.26 Å². The molecule has 1 aromatic rings. The first-order chi connectivity index (χ1) is 7.08. The molecule has 0 aliphatic rings. The van der Waals surface area contributed by atoms with Gasteiger partial charge in [-0.15, -0.1) is 0 Å². The molecular formula is C12H13NO2. The average Bonchev–Trinajstić information content (AvgIpc) is 2.15. The van der Waals surface area contributed by atoms with Crippen LogP contribution in [0.15, 0.2) is 12.1 Å². The first-order valence-corrected chi connectivity index (χ1v) is 4.65. The van der Waals surface area contributed by atoms with E-state index in [4.69, 9.17) is 10.00 Å². The van der Waals surface area contributed by atoms with Crippen LogP contribution in [-0.4, -0.2) is 12.9 Å². The van der Waals surface area contributed by atoms with Crippen LogP contribution in [0.25, 0.3) is 0 Å². The van der Waals surface area contributed by atoms with E-state index in [-0.39, 0.29) is 5.78 Å². The molecule has 0 saturated carbocycles. The van der Waals surface area contributed by atoms with E-state index in [1.165, 1.54) is 14.0 Å². The van der Waals surface area contributed by atoms with Crippen molar-refractivity contribution in [3.05, 3.63) is 28.8 Å². The summed E-state index contributed by atoms with van der Waals surface area (Å²) < 4.78 is 5.12. The Kier molecular flexibility index (Phi) is 3.46. The standard InChI is InChI=1S/C12H13NO2/c1-8-4-10(5-9(2)14)6-11(7-13)12(8)15-3/h4,6H,5H2,1-3H3. The number of hydrogen-bond acceptors (Lipinski definition) is 3. The molecule has 0 N–H and O–H groups in total. The Balaban J connectivity index is 3.21. The lowest BCUT2D eigenvalue weighted by atomic mass is 10.0. The monoisotopic (exact) mass is 203 g/mol. The van der Waals surface area contributed by atoms with Crippen LogP contribution in [0, 0.1) is 18.3 Å². The van der Waals surface area contributed by atoms with Crippen molar-refractivity contribution in [2.24, 2.45) is 0 Å². The van der Waals surface area contributed by atoms with Crippen LogP contribution in [0.1, 0.15) is 23.6 Å². The normalized spacial score (nSPS) is 9.47. The van der Waals surface area contributed by atoms with E-state index in [0.29, 0.717) is 17.7 Å². The number of methoxy groups -OCH3 is 1. The van der Waals surface area contributed by atoms with Crippen LogP contribution >= 0.6 is 0 Å². The second-order valence-electron chi connectivity index (χ2n) is 3.48. The van der Waals surface area contributed by atoms with Gasteiger partial charge in [-0.05, 0) is 31.0 Å². The van der Waals surface area contributed by atoms with Gasteiger partial charge in [0.15, 0.2) is 0 Å². The Bertz CT molecular complexity index is 430. The van der Waals surface area contributed by atoms with Crippen LogP contribution in [0.2, 0.25) is 0 Å². The fourth-order valence-electron chi connectivity index (χ4n) is 1.59. The minimum Gasteiger partial charge on any atom is -0.495 e. The predicted molar refractivity (Wildman–Crippen MR) is 56.8 cm³/mol. The minimum atomic E-state index is 0.0865. The molecule has 0 fully saturated rings. The molecule has 0 bridgehead atoms. The van der Waals surface area contributed by atoms with Gasteiger partial charge in [-0.1, -0.05) is 6.07 Å². The van der Waals surface area contributed by atoms with Crippen molar-refractivity contribution in [1.82, 2.24) is 0 Å². The summed E-state index contributed by atoms with van der Waals surface area (Å²) >= 11 is 0. The lowest BCUT2D eigenvalue weighted by molar-refractivity contribution is -0.116. The van der Waals surface area contributed by atoms with E-state index >= 15 is 0 Å². The summed E-state index contributed by atoms with van der Waals surface area (Å²) in [6, 6.07) is 5.64. The molecule has 0 saturated heterocycles. The summed E-state index contributed by atoms with van der Waals surface area (Å²) in [6.45, 7) is 3.40. The van der Waals surface area contributed by atoms with E-state index in [1.54, 1.807) is 6.07 Å². The van der Waals surface area contributed by atoms with Gasteiger partial charge in [0.2, 0.25) is 0 Å². The van der Waals surface area contributed by atoms with Gasteiger partial charge in [-0.2, -0.15) is 5.26 Å². The molecule has 1 aromatic carbocycles. The number of nitriles is 1. The zero-order valence-corrected chi connectivity index (χ0v) is 9.13. The second-order valence-corrected chi connectivity index (χ2v) is 3.48. The van der Waals surface area contributed by atoms with Crippen molar-refractivity contribution in [2.45, 2.75) is 20.3 Å². The highest BCUT2D eigenvalue weighted by atomic mass is 16.5. The Morgan fingerprint density at radius 1 is 1.53 bits per heavy atom. The van der Waals surface area contributed by atoms with Crippen molar-refractivity contribution in [3.8, 4) is 11.8 Å². The van der Waals surface area contributed by atoms with Crippen LogP contribution in [-0.2, 0) is 11.2 Å². The second kappa shape index (κ2) is 4.61. The quantitative estimate of drug-likeness (QED) is 0.755. The molecule has 0 unspecified atom stereocenters. The number of aryl methyl sites for hydroxylation is 1. The number of ketones is 1. The van der Waals surface area contributed by atoms with Crippen LogP contribution in [0.3, 0.4) is 0 Å². The third-order valence-electron chi connectivity index (χ3n) is 2.11. The first-order valence-electron chi connectivity index (χ1n) is 4.65. The number of hydrogen-bond donors (Lipinski definition) is 0. The number of ether oxygens (including phenoxy) is 1. The number of rotatable bonds is 3. The molecule has 0 aromatic heterocycles. The molecule has 0 aliphatic heterocycles. The van der Waals surface area contributed by atoms with Gasteiger partial charge >= 0.3 is 0 Å². The van der Waals surface area contributed by atoms with Gasteiger partial charge in [0.25, 0.3) is 0 Å². The summed E-state index contributed by atoms with van der Waals surface area (Å²) in [4.78, 5) is 11.0. The molecular weight excluding hydrogens is 190 g/mol. The fraction of sp³-hybridized carbons (Fsp3) is 0.333. The molecule has 0 heterocycles. The highest BCUT2D eigenvalue weighted by Crippen LogP contribution is 2.24. The summed E-state index contributed by atoms with van der Waals surface area (Å²) in [6.07, 6.45) is 0.361. The number of carbonyl (C=O) groups excluding carboxylic acids is 1. The lowest BCUT2D eigenvalue weighted by Crippen LogP contribution is -1.99. The maximum Gasteiger partial charge on any atom is 0.139 e. The molecule has 78 valence electrons. The molecule has 0 atom stereocenters. The van der Waals surface area contributed by atoms with Crippen molar-refractivity contribution < 1.29 is 9.53 Å². The van der Waals surface area contributed by atoms with E-state index in [0.717, 1.165) is 11.1 Å². The lowest BCUT2D eigenvalue weighted by Gasteiger charge is -2.08. The van der Waals surface area contributed by atoms with Crippen LogP contribution in [0.5, 0.6) is 5.75 Å². The minimum absolute atomic E-state index is 0.0865. The third kappa shape index (κ3) is 2.57. The molecule has 0 aliphatic carbocycles. The maximum atomic E-state index is 11.0.